The molecular formula is C48H34N6. The first-order chi connectivity index (χ1) is 26.7. The summed E-state index contributed by atoms with van der Waals surface area (Å²) in [6.45, 7) is 0. The van der Waals surface area contributed by atoms with Crippen LogP contribution in [0.4, 0.5) is 0 Å². The van der Waals surface area contributed by atoms with E-state index < -0.39 is 0 Å². The number of aryl methyl sites for hydroxylation is 2. The van der Waals surface area contributed by atoms with E-state index in [0.29, 0.717) is 0 Å². The van der Waals surface area contributed by atoms with Crippen molar-refractivity contribution in [3.8, 4) is 11.5 Å². The summed E-state index contributed by atoms with van der Waals surface area (Å²) in [6.07, 6.45) is 5.60. The summed E-state index contributed by atoms with van der Waals surface area (Å²) >= 11 is 0. The van der Waals surface area contributed by atoms with E-state index in [4.69, 9.17) is 0 Å². The highest BCUT2D eigenvalue weighted by Gasteiger charge is 2.18. The number of aromatic nitrogens is 6. The molecule has 6 aromatic carbocycles. The van der Waals surface area contributed by atoms with Gasteiger partial charge in [0.15, 0.2) is 0 Å². The van der Waals surface area contributed by atoms with Crippen molar-refractivity contribution in [1.82, 2.24) is 28.2 Å². The van der Waals surface area contributed by atoms with Crippen LogP contribution >= 0.6 is 0 Å². The Morgan fingerprint density at radius 1 is 0.352 bits per heavy atom. The summed E-state index contributed by atoms with van der Waals surface area (Å²) < 4.78 is 9.17. The fraction of sp³-hybridized carbons (Fsp3) is 0.0417. The lowest BCUT2D eigenvalue weighted by Gasteiger charge is -2.07. The van der Waals surface area contributed by atoms with Crippen LogP contribution in [0.25, 0.3) is 98.7 Å². The molecule has 0 bridgehead atoms. The van der Waals surface area contributed by atoms with Crippen LogP contribution in [0.1, 0.15) is 0 Å². The summed E-state index contributed by atoms with van der Waals surface area (Å²) in [5.41, 5.74) is 10.9. The van der Waals surface area contributed by atoms with E-state index in [0.717, 1.165) is 11.5 Å². The highest BCUT2D eigenvalue weighted by molar-refractivity contribution is 6.19. The molecule has 6 heteroatoms. The van der Waals surface area contributed by atoms with Crippen LogP contribution in [0, 0.1) is 0 Å². The van der Waals surface area contributed by atoms with E-state index in [-0.39, 0.29) is 0 Å². The van der Waals surface area contributed by atoms with Crippen molar-refractivity contribution < 1.29 is 0 Å². The third-order valence-electron chi connectivity index (χ3n) is 11.2. The maximum absolute atomic E-state index is 4.63. The monoisotopic (exact) mass is 694 g/mol. The van der Waals surface area contributed by atoms with Gasteiger partial charge in [-0.15, -0.1) is 0 Å². The van der Waals surface area contributed by atoms with E-state index in [2.05, 4.69) is 176 Å². The van der Waals surface area contributed by atoms with Crippen LogP contribution in [0.3, 0.4) is 0 Å². The van der Waals surface area contributed by atoms with E-state index >= 15 is 0 Å². The second-order valence-electron chi connectivity index (χ2n) is 14.0. The van der Waals surface area contributed by atoms with E-state index in [1.54, 1.807) is 0 Å². The Labute approximate surface area is 310 Å². The lowest BCUT2D eigenvalue weighted by molar-refractivity contribution is 1.01. The molecule has 0 fully saturated rings. The normalized spacial score (nSPS) is 11.9. The van der Waals surface area contributed by atoms with E-state index in [1.807, 2.05) is 36.8 Å². The summed E-state index contributed by atoms with van der Waals surface area (Å²) in [4.78, 5) is 8.97. The van der Waals surface area contributed by atoms with Crippen LogP contribution in [0.2, 0.25) is 0 Å². The number of para-hydroxylation sites is 4. The Kier molecular flexibility index (Phi) is 6.58. The fourth-order valence-electron chi connectivity index (χ4n) is 8.74. The first-order valence-electron chi connectivity index (χ1n) is 18.3. The summed E-state index contributed by atoms with van der Waals surface area (Å²) in [7, 11) is 4.30. The molecule has 6 heterocycles. The minimum Gasteiger partial charge on any atom is -0.344 e. The highest BCUT2D eigenvalue weighted by Crippen LogP contribution is 2.39. The van der Waals surface area contributed by atoms with Gasteiger partial charge in [-0.3, -0.25) is 9.55 Å². The van der Waals surface area contributed by atoms with Crippen LogP contribution in [0.5, 0.6) is 0 Å². The fourth-order valence-corrected chi connectivity index (χ4v) is 8.74. The summed E-state index contributed by atoms with van der Waals surface area (Å²) in [5.74, 6) is 0.947. The maximum atomic E-state index is 4.63. The third kappa shape index (κ3) is 4.34. The second kappa shape index (κ2) is 11.7. The molecule has 0 aliphatic heterocycles. The van der Waals surface area contributed by atoms with Crippen LogP contribution in [-0.2, 0) is 14.1 Å². The first kappa shape index (κ1) is 30.4. The molecule has 54 heavy (non-hydrogen) atoms. The van der Waals surface area contributed by atoms with Gasteiger partial charge in [0.05, 0.1) is 34.0 Å². The Bertz CT molecular complexity index is 3170. The predicted molar refractivity (Wildman–Crippen MR) is 225 cm³/mol. The van der Waals surface area contributed by atoms with Crippen molar-refractivity contribution in [3.63, 3.8) is 0 Å². The number of hydrogen-bond donors (Lipinski definition) is 0. The van der Waals surface area contributed by atoms with Gasteiger partial charge in [0.1, 0.15) is 5.82 Å². The van der Waals surface area contributed by atoms with Crippen LogP contribution in [0.15, 0.2) is 170 Å². The van der Waals surface area contributed by atoms with Crippen molar-refractivity contribution in [2.45, 2.75) is 0 Å². The van der Waals surface area contributed by atoms with Gasteiger partial charge in [0.25, 0.3) is 0 Å². The molecule has 0 amide bonds. The molecule has 6 aromatic heterocycles. The number of pyridine rings is 2. The molecule has 12 aromatic rings. The molecule has 12 rings (SSSR count). The van der Waals surface area contributed by atoms with Crippen molar-refractivity contribution in [2.24, 2.45) is 14.1 Å². The van der Waals surface area contributed by atoms with Gasteiger partial charge in [0, 0.05) is 91.6 Å². The molecule has 0 saturated heterocycles. The lowest BCUT2D eigenvalue weighted by atomic mass is 10.1. The number of hydrogen-bond acceptors (Lipinski definition) is 2. The molecule has 0 aliphatic carbocycles. The van der Waals surface area contributed by atoms with Gasteiger partial charge in [-0.2, -0.15) is 0 Å². The molecule has 0 N–H and O–H groups in total. The van der Waals surface area contributed by atoms with Crippen molar-refractivity contribution in [1.29, 1.82) is 0 Å². The zero-order valence-corrected chi connectivity index (χ0v) is 29.8. The Morgan fingerprint density at radius 3 is 1.31 bits per heavy atom. The third-order valence-corrected chi connectivity index (χ3v) is 11.2. The van der Waals surface area contributed by atoms with Gasteiger partial charge in [-0.25, -0.2) is 4.98 Å². The largest absolute Gasteiger partial charge is 0.344 e. The first-order valence-corrected chi connectivity index (χ1v) is 18.3. The second-order valence-corrected chi connectivity index (χ2v) is 14.0. The molecule has 0 aliphatic rings. The molecule has 256 valence electrons. The smallest absolute Gasteiger partial charge is 0.137 e. The van der Waals surface area contributed by atoms with Crippen LogP contribution in [-0.4, -0.2) is 28.2 Å². The van der Waals surface area contributed by atoms with Crippen molar-refractivity contribution >= 4 is 87.2 Å². The molecular weight excluding hydrogens is 661 g/mol. The zero-order chi connectivity index (χ0) is 35.9. The van der Waals surface area contributed by atoms with Gasteiger partial charge < -0.3 is 13.7 Å². The Morgan fingerprint density at radius 2 is 0.796 bits per heavy atom. The predicted octanol–water partition coefficient (Wildman–Crippen LogP) is 11.6. The van der Waals surface area contributed by atoms with Crippen LogP contribution < -0.4 is 0 Å². The molecule has 0 radical (unpaired) electrons. The maximum Gasteiger partial charge on any atom is 0.137 e. The number of rotatable bonds is 2. The molecule has 0 saturated carbocycles. The van der Waals surface area contributed by atoms with Gasteiger partial charge in [-0.1, -0.05) is 78.9 Å². The summed E-state index contributed by atoms with van der Waals surface area (Å²) in [5, 5.41) is 10.2. The minimum absolute atomic E-state index is 0.947. The molecule has 6 nitrogen and oxygen atoms in total. The van der Waals surface area contributed by atoms with Crippen molar-refractivity contribution in [2.75, 3.05) is 0 Å². The number of nitrogens with zero attached hydrogens (tertiary/aromatic N) is 6. The van der Waals surface area contributed by atoms with E-state index in [9.17, 15) is 0 Å². The molecule has 0 unspecified atom stereocenters. The average Bonchev–Trinajstić information content (AvgIpc) is 3.92. The number of fused-ring (bicyclic) bond motifs is 12. The summed E-state index contributed by atoms with van der Waals surface area (Å²) in [6, 6.07) is 53.9. The highest BCUT2D eigenvalue weighted by atomic mass is 15.1. The quantitative estimate of drug-likeness (QED) is 0.181. The Hall–Kier alpha value is -7.18. The SMILES string of the molecule is Cn1c2ccccc2c2cc3c(cc21)c1ccccc1n3-c1ccccn1.Cn1c2ccccc2c2cc3c(cc21)c1ccccc1n3-c1cccnc1. The lowest BCUT2D eigenvalue weighted by Crippen LogP contribution is -1.96. The zero-order valence-electron chi connectivity index (χ0n) is 29.8. The molecule has 0 spiro atoms. The standard InChI is InChI=1S/2C24H17N3/c1-26-21-10-4-2-8-17(21)19-14-24-20(13-23(19)26)18-9-3-5-11-22(18)27(24)16-7-6-12-25-15-16;1-26-20-10-4-2-8-16(20)18-15-23-19(14-22(18)26)17-9-3-5-11-21(17)27(23)24-12-6-7-13-25-24/h2*2-15H,1H3. The minimum atomic E-state index is 0.947. The van der Waals surface area contributed by atoms with E-state index in [1.165, 1.54) is 87.2 Å². The number of benzene rings is 6. The van der Waals surface area contributed by atoms with Gasteiger partial charge >= 0.3 is 0 Å². The topological polar surface area (TPSA) is 45.5 Å². The Balaban J connectivity index is 0.000000126. The van der Waals surface area contributed by atoms with Gasteiger partial charge in [-0.05, 0) is 72.8 Å². The molecule has 0 atom stereocenters. The van der Waals surface area contributed by atoms with Gasteiger partial charge in [0.2, 0.25) is 0 Å². The van der Waals surface area contributed by atoms with Crippen molar-refractivity contribution in [3.05, 3.63) is 170 Å². The average molecular weight is 695 g/mol.